The minimum atomic E-state index is -0.288. The molecule has 3 N–H and O–H groups in total. The van der Waals surface area contributed by atoms with Crippen molar-refractivity contribution in [3.8, 4) is 0 Å². The molecule has 112 valence electrons. The van der Waals surface area contributed by atoms with Crippen molar-refractivity contribution in [3.63, 3.8) is 0 Å². The number of pyridine rings is 1. The molecule has 1 rings (SSSR count). The van der Waals surface area contributed by atoms with Gasteiger partial charge in [0.25, 0.3) is 0 Å². The molecule has 0 atom stereocenters. The molecule has 1 heterocycles. The first-order valence-corrected chi connectivity index (χ1v) is 7.20. The van der Waals surface area contributed by atoms with Crippen molar-refractivity contribution in [2.45, 2.75) is 33.7 Å². The fourth-order valence-corrected chi connectivity index (χ4v) is 2.10. The molecule has 0 aliphatic carbocycles. The Labute approximate surface area is 121 Å². The summed E-state index contributed by atoms with van der Waals surface area (Å²) < 4.78 is 0. The van der Waals surface area contributed by atoms with Crippen LogP contribution in [0.25, 0.3) is 0 Å². The van der Waals surface area contributed by atoms with E-state index < -0.39 is 0 Å². The van der Waals surface area contributed by atoms with Gasteiger partial charge in [0.15, 0.2) is 0 Å². The Hall–Kier alpha value is -1.62. The van der Waals surface area contributed by atoms with Gasteiger partial charge in [-0.05, 0) is 30.0 Å². The Bertz CT molecular complexity index is 420. The van der Waals surface area contributed by atoms with Gasteiger partial charge in [0.05, 0.1) is 6.54 Å². The van der Waals surface area contributed by atoms with Crippen LogP contribution in [-0.4, -0.2) is 35.4 Å². The van der Waals surface area contributed by atoms with E-state index in [4.69, 9.17) is 5.73 Å². The van der Waals surface area contributed by atoms with E-state index in [1.807, 2.05) is 12.1 Å². The van der Waals surface area contributed by atoms with Gasteiger partial charge in [-0.1, -0.05) is 20.8 Å². The first-order chi connectivity index (χ1) is 9.51. The van der Waals surface area contributed by atoms with Crippen LogP contribution < -0.4 is 11.1 Å². The van der Waals surface area contributed by atoms with Crippen molar-refractivity contribution in [1.29, 1.82) is 0 Å². The lowest BCUT2D eigenvalue weighted by Gasteiger charge is -2.23. The second kappa shape index (κ2) is 8.53. The number of nitrogens with one attached hydrogen (secondary N) is 1. The zero-order valence-electron chi connectivity index (χ0n) is 12.7. The topological polar surface area (TPSA) is 71.2 Å². The second-order valence-electron chi connectivity index (χ2n) is 5.51. The minimum Gasteiger partial charge on any atom is -0.370 e. The first-order valence-electron chi connectivity index (χ1n) is 7.20. The number of carbonyl (C=O) groups excluding carboxylic acids is 1. The maximum Gasteiger partial charge on any atom is 0.231 e. The van der Waals surface area contributed by atoms with Crippen LogP contribution in [0.4, 0.5) is 5.82 Å². The number of carbonyl (C=O) groups is 1. The van der Waals surface area contributed by atoms with E-state index in [0.29, 0.717) is 12.5 Å². The summed E-state index contributed by atoms with van der Waals surface area (Å²) in [4.78, 5) is 17.5. The molecular weight excluding hydrogens is 252 g/mol. The average Bonchev–Trinajstić information content (AvgIpc) is 2.35. The van der Waals surface area contributed by atoms with Gasteiger partial charge in [-0.2, -0.15) is 0 Å². The number of anilines is 1. The Balaban J connectivity index is 2.68. The molecule has 20 heavy (non-hydrogen) atoms. The number of nitrogens with two attached hydrogens (primary N) is 1. The number of aromatic nitrogens is 1. The second-order valence-corrected chi connectivity index (χ2v) is 5.51. The van der Waals surface area contributed by atoms with Crippen LogP contribution >= 0.6 is 0 Å². The van der Waals surface area contributed by atoms with E-state index in [9.17, 15) is 4.79 Å². The third kappa shape index (κ3) is 6.52. The zero-order chi connectivity index (χ0) is 15.0. The third-order valence-corrected chi connectivity index (χ3v) is 2.79. The van der Waals surface area contributed by atoms with Gasteiger partial charge in [0.1, 0.15) is 5.82 Å². The number of hydrogen-bond donors (Lipinski definition) is 2. The molecule has 0 spiro atoms. The molecule has 1 aromatic rings. The van der Waals surface area contributed by atoms with Crippen LogP contribution in [0.5, 0.6) is 0 Å². The lowest BCUT2D eigenvalue weighted by molar-refractivity contribution is -0.119. The minimum absolute atomic E-state index is 0.288. The molecule has 5 nitrogen and oxygen atoms in total. The van der Waals surface area contributed by atoms with Crippen LogP contribution in [-0.2, 0) is 11.3 Å². The summed E-state index contributed by atoms with van der Waals surface area (Å²) in [5.74, 6) is 1.09. The smallest absolute Gasteiger partial charge is 0.231 e. The van der Waals surface area contributed by atoms with Crippen molar-refractivity contribution in [1.82, 2.24) is 9.88 Å². The normalized spacial score (nSPS) is 11.1. The maximum absolute atomic E-state index is 11.1. The van der Waals surface area contributed by atoms with E-state index in [1.54, 1.807) is 6.20 Å². The Morgan fingerprint density at radius 2 is 2.25 bits per heavy atom. The van der Waals surface area contributed by atoms with E-state index >= 15 is 0 Å². The van der Waals surface area contributed by atoms with Crippen molar-refractivity contribution in [2.75, 3.05) is 25.0 Å². The molecule has 0 unspecified atom stereocenters. The molecule has 1 aromatic heterocycles. The molecule has 1 amide bonds. The predicted octanol–water partition coefficient (Wildman–Crippen LogP) is 1.85. The van der Waals surface area contributed by atoms with Crippen LogP contribution in [0.2, 0.25) is 0 Å². The van der Waals surface area contributed by atoms with Gasteiger partial charge in [0.2, 0.25) is 5.91 Å². The molecule has 0 aromatic carbocycles. The summed E-state index contributed by atoms with van der Waals surface area (Å²) in [6.45, 7) is 9.15. The lowest BCUT2D eigenvalue weighted by atomic mass is 10.1. The van der Waals surface area contributed by atoms with E-state index in [1.165, 1.54) is 0 Å². The summed E-state index contributed by atoms with van der Waals surface area (Å²) in [5, 5.41) is 3.27. The van der Waals surface area contributed by atoms with Crippen LogP contribution in [0, 0.1) is 5.92 Å². The van der Waals surface area contributed by atoms with Gasteiger partial charge in [-0.3, -0.25) is 9.69 Å². The monoisotopic (exact) mass is 278 g/mol. The maximum atomic E-state index is 11.1. The largest absolute Gasteiger partial charge is 0.370 e. The van der Waals surface area contributed by atoms with Crippen molar-refractivity contribution >= 4 is 11.7 Å². The molecule has 0 radical (unpaired) electrons. The number of amides is 1. The van der Waals surface area contributed by atoms with Gasteiger partial charge in [-0.15, -0.1) is 0 Å². The Morgan fingerprint density at radius 1 is 1.50 bits per heavy atom. The van der Waals surface area contributed by atoms with Crippen molar-refractivity contribution < 1.29 is 4.79 Å². The fraction of sp³-hybridized carbons (Fsp3) is 0.600. The first kappa shape index (κ1) is 16.4. The summed E-state index contributed by atoms with van der Waals surface area (Å²) in [6.07, 6.45) is 2.86. The SMILES string of the molecule is CCCNc1cc(CN(CC(N)=O)CC(C)C)ccn1. The Kier molecular flexibility index (Phi) is 7.01. The van der Waals surface area contributed by atoms with Gasteiger partial charge < -0.3 is 11.1 Å². The number of nitrogens with zero attached hydrogens (tertiary/aromatic N) is 2. The van der Waals surface area contributed by atoms with Crippen LogP contribution in [0.15, 0.2) is 18.3 Å². The summed E-state index contributed by atoms with van der Waals surface area (Å²) in [5.41, 5.74) is 6.45. The summed E-state index contributed by atoms with van der Waals surface area (Å²) >= 11 is 0. The lowest BCUT2D eigenvalue weighted by Crippen LogP contribution is -2.35. The van der Waals surface area contributed by atoms with Gasteiger partial charge >= 0.3 is 0 Å². The molecule has 0 saturated heterocycles. The highest BCUT2D eigenvalue weighted by Crippen LogP contribution is 2.11. The van der Waals surface area contributed by atoms with Gasteiger partial charge in [-0.25, -0.2) is 4.98 Å². The number of primary amides is 1. The molecule has 0 saturated carbocycles. The van der Waals surface area contributed by atoms with E-state index in [-0.39, 0.29) is 12.5 Å². The van der Waals surface area contributed by atoms with Crippen LogP contribution in [0.1, 0.15) is 32.8 Å². The highest BCUT2D eigenvalue weighted by molar-refractivity contribution is 5.75. The summed E-state index contributed by atoms with van der Waals surface area (Å²) in [7, 11) is 0. The van der Waals surface area contributed by atoms with E-state index in [0.717, 1.165) is 30.9 Å². The highest BCUT2D eigenvalue weighted by atomic mass is 16.1. The predicted molar refractivity (Wildman–Crippen MR) is 82.3 cm³/mol. The number of rotatable bonds is 9. The molecule has 0 aliphatic heterocycles. The van der Waals surface area contributed by atoms with Gasteiger partial charge in [0, 0.05) is 25.8 Å². The quantitative estimate of drug-likeness (QED) is 0.723. The Morgan fingerprint density at radius 3 is 2.85 bits per heavy atom. The molecule has 0 aliphatic rings. The van der Waals surface area contributed by atoms with Crippen LogP contribution in [0.3, 0.4) is 0 Å². The molecular formula is C15H26N4O. The standard InChI is InChI=1S/C15H26N4O/c1-4-6-17-15-8-13(5-7-18-15)10-19(9-12(2)3)11-14(16)20/h5,7-8,12H,4,6,9-11H2,1-3H3,(H2,16,20)(H,17,18). The molecule has 0 fully saturated rings. The highest BCUT2D eigenvalue weighted by Gasteiger charge is 2.11. The zero-order valence-corrected chi connectivity index (χ0v) is 12.7. The third-order valence-electron chi connectivity index (χ3n) is 2.79. The van der Waals surface area contributed by atoms with E-state index in [2.05, 4.69) is 36.0 Å². The molecule has 5 heteroatoms. The van der Waals surface area contributed by atoms with Crippen molar-refractivity contribution in [3.05, 3.63) is 23.9 Å². The fourth-order valence-electron chi connectivity index (χ4n) is 2.10. The average molecular weight is 278 g/mol. The van der Waals surface area contributed by atoms with Crippen molar-refractivity contribution in [2.24, 2.45) is 11.7 Å². The summed E-state index contributed by atoms with van der Waals surface area (Å²) in [6, 6.07) is 4.01. The molecule has 0 bridgehead atoms. The number of hydrogen-bond acceptors (Lipinski definition) is 4.